The molecule has 4 nitrogen and oxygen atoms in total. The van der Waals surface area contributed by atoms with Gasteiger partial charge in [-0.25, -0.2) is 4.39 Å². The van der Waals surface area contributed by atoms with Crippen molar-refractivity contribution < 1.29 is 18.7 Å². The van der Waals surface area contributed by atoms with Crippen LogP contribution in [0.2, 0.25) is 0 Å². The topological polar surface area (TPSA) is 46.6 Å². The lowest BCUT2D eigenvalue weighted by Crippen LogP contribution is -2.37. The van der Waals surface area contributed by atoms with Crippen molar-refractivity contribution in [1.82, 2.24) is 4.90 Å². The Labute approximate surface area is 122 Å². The van der Waals surface area contributed by atoms with Crippen LogP contribution in [-0.2, 0) is 20.9 Å². The summed E-state index contributed by atoms with van der Waals surface area (Å²) in [5, 5.41) is 0. The smallest absolute Gasteiger partial charge is 0.314 e. The van der Waals surface area contributed by atoms with E-state index >= 15 is 0 Å². The van der Waals surface area contributed by atoms with E-state index in [-0.39, 0.29) is 25.3 Å². The molecule has 1 aliphatic heterocycles. The summed E-state index contributed by atoms with van der Waals surface area (Å²) in [6.45, 7) is 0.699. The molecule has 1 amide bonds. The highest BCUT2D eigenvalue weighted by atomic mass is 19.1. The predicted octanol–water partition coefficient (Wildman–Crippen LogP) is 1.94. The summed E-state index contributed by atoms with van der Waals surface area (Å²) in [4.78, 5) is 26.3. The third-order valence-electron chi connectivity index (χ3n) is 4.64. The van der Waals surface area contributed by atoms with Gasteiger partial charge in [-0.15, -0.1) is 0 Å². The number of alkyl halides is 1. The number of hydrogen-bond donors (Lipinski definition) is 0. The number of amides is 1. The van der Waals surface area contributed by atoms with Crippen molar-refractivity contribution >= 4 is 11.9 Å². The second-order valence-electron chi connectivity index (χ2n) is 5.92. The Morgan fingerprint density at radius 1 is 1.43 bits per heavy atom. The summed E-state index contributed by atoms with van der Waals surface area (Å²) in [6.07, 6.45) is -0.891. The molecule has 1 saturated carbocycles. The monoisotopic (exact) mass is 291 g/mol. The molecular weight excluding hydrogens is 273 g/mol. The van der Waals surface area contributed by atoms with Crippen LogP contribution < -0.4 is 0 Å². The first-order valence-electron chi connectivity index (χ1n) is 7.12. The minimum Gasteiger partial charge on any atom is -0.469 e. The number of benzene rings is 1. The van der Waals surface area contributed by atoms with Gasteiger partial charge < -0.3 is 9.64 Å². The molecule has 1 heterocycles. The molecule has 0 aromatic heterocycles. The highest BCUT2D eigenvalue weighted by Gasteiger charge is 2.62. The highest BCUT2D eigenvalue weighted by molar-refractivity contribution is 5.92. The van der Waals surface area contributed by atoms with E-state index in [2.05, 4.69) is 0 Å². The maximum atomic E-state index is 13.7. The minimum atomic E-state index is -1.10. The van der Waals surface area contributed by atoms with Crippen LogP contribution in [0.4, 0.5) is 4.39 Å². The molecule has 0 bridgehead atoms. The van der Waals surface area contributed by atoms with Gasteiger partial charge in [0, 0.05) is 13.1 Å². The minimum absolute atomic E-state index is 0.0847. The first kappa shape index (κ1) is 14.0. The number of nitrogens with zero attached hydrogens (tertiary/aromatic N) is 1. The van der Waals surface area contributed by atoms with Crippen LogP contribution in [-0.4, -0.2) is 36.6 Å². The first-order valence-corrected chi connectivity index (χ1v) is 7.12. The van der Waals surface area contributed by atoms with Crippen LogP contribution in [0.25, 0.3) is 0 Å². The quantitative estimate of drug-likeness (QED) is 0.800. The molecule has 2 fully saturated rings. The lowest BCUT2D eigenvalue weighted by Gasteiger charge is -2.24. The molecule has 21 heavy (non-hydrogen) atoms. The zero-order chi connectivity index (χ0) is 15.0. The maximum Gasteiger partial charge on any atom is 0.314 e. The van der Waals surface area contributed by atoms with Gasteiger partial charge in [-0.1, -0.05) is 30.3 Å². The fourth-order valence-electron chi connectivity index (χ4n) is 3.68. The number of rotatable bonds is 3. The molecule has 0 radical (unpaired) electrons. The fraction of sp³-hybridized carbons (Fsp3) is 0.500. The molecule has 1 aromatic carbocycles. The molecular formula is C16H18FNO3. The molecule has 1 aliphatic carbocycles. The summed E-state index contributed by atoms with van der Waals surface area (Å²) >= 11 is 0. The molecule has 2 aliphatic rings. The van der Waals surface area contributed by atoms with Crippen LogP contribution in [0.15, 0.2) is 30.3 Å². The third kappa shape index (κ3) is 2.20. The Balaban J connectivity index is 1.85. The Morgan fingerprint density at radius 2 is 2.14 bits per heavy atom. The SMILES string of the molecule is COC(=O)C12CC(F)CC1C(=O)N(Cc1ccccc1)C2. The Kier molecular flexibility index (Phi) is 3.43. The number of carbonyl (C=O) groups excluding carboxylic acids is 2. The second-order valence-corrected chi connectivity index (χ2v) is 5.92. The van der Waals surface area contributed by atoms with E-state index in [1.165, 1.54) is 7.11 Å². The number of halogens is 1. The molecule has 0 spiro atoms. The number of likely N-dealkylation sites (tertiary alicyclic amines) is 1. The average molecular weight is 291 g/mol. The summed E-state index contributed by atoms with van der Waals surface area (Å²) < 4.78 is 18.6. The van der Waals surface area contributed by atoms with E-state index in [9.17, 15) is 14.0 Å². The largest absolute Gasteiger partial charge is 0.469 e. The highest BCUT2D eigenvalue weighted by Crippen LogP contribution is 2.51. The Hall–Kier alpha value is -1.91. The number of esters is 1. The normalized spacial score (nSPS) is 31.3. The molecule has 3 rings (SSSR count). The molecule has 3 atom stereocenters. The molecule has 3 unspecified atom stereocenters. The first-order chi connectivity index (χ1) is 10.1. The van der Waals surface area contributed by atoms with Crippen molar-refractivity contribution in [3.05, 3.63) is 35.9 Å². The zero-order valence-electron chi connectivity index (χ0n) is 11.9. The second kappa shape index (κ2) is 5.13. The molecule has 1 saturated heterocycles. The van der Waals surface area contributed by atoms with Crippen molar-refractivity contribution in [2.75, 3.05) is 13.7 Å². The maximum absolute atomic E-state index is 13.7. The van der Waals surface area contributed by atoms with Crippen molar-refractivity contribution in [1.29, 1.82) is 0 Å². The molecule has 112 valence electrons. The number of carbonyl (C=O) groups is 2. The summed E-state index contributed by atoms with van der Waals surface area (Å²) in [5.41, 5.74) is 0.00247. The van der Waals surface area contributed by atoms with Crippen LogP contribution >= 0.6 is 0 Å². The van der Waals surface area contributed by atoms with Crippen LogP contribution in [0.5, 0.6) is 0 Å². The summed E-state index contributed by atoms with van der Waals surface area (Å²) in [7, 11) is 1.30. The van der Waals surface area contributed by atoms with Crippen LogP contribution in [0.1, 0.15) is 18.4 Å². The number of fused-ring (bicyclic) bond motifs is 1. The van der Waals surface area contributed by atoms with Gasteiger partial charge in [0.15, 0.2) is 0 Å². The van der Waals surface area contributed by atoms with E-state index < -0.39 is 23.5 Å². The Bertz CT molecular complexity index is 562. The van der Waals surface area contributed by atoms with Crippen LogP contribution in [0.3, 0.4) is 0 Å². The summed E-state index contributed by atoms with van der Waals surface area (Å²) in [5.74, 6) is -1.18. The van der Waals surface area contributed by atoms with E-state index in [1.807, 2.05) is 30.3 Å². The van der Waals surface area contributed by atoms with E-state index in [0.29, 0.717) is 6.54 Å². The fourth-order valence-corrected chi connectivity index (χ4v) is 3.68. The van der Waals surface area contributed by atoms with Gasteiger partial charge in [-0.2, -0.15) is 0 Å². The van der Waals surface area contributed by atoms with Crippen LogP contribution in [0, 0.1) is 11.3 Å². The lowest BCUT2D eigenvalue weighted by molar-refractivity contribution is -0.154. The molecule has 0 N–H and O–H groups in total. The summed E-state index contributed by atoms with van der Waals surface area (Å²) in [6, 6.07) is 9.59. The van der Waals surface area contributed by atoms with Crippen molar-refractivity contribution in [3.63, 3.8) is 0 Å². The average Bonchev–Trinajstić information content (AvgIpc) is 2.94. The van der Waals surface area contributed by atoms with E-state index in [4.69, 9.17) is 4.74 Å². The van der Waals surface area contributed by atoms with Gasteiger partial charge in [0.05, 0.1) is 18.4 Å². The van der Waals surface area contributed by atoms with Gasteiger partial charge in [-0.3, -0.25) is 9.59 Å². The zero-order valence-corrected chi connectivity index (χ0v) is 11.9. The lowest BCUT2D eigenvalue weighted by atomic mass is 9.80. The van der Waals surface area contributed by atoms with Crippen molar-refractivity contribution in [2.24, 2.45) is 11.3 Å². The standard InChI is InChI=1S/C16H18FNO3/c1-21-15(20)16-8-12(17)7-13(16)14(19)18(10-16)9-11-5-3-2-4-6-11/h2-6,12-13H,7-10H2,1H3. The van der Waals surface area contributed by atoms with E-state index in [0.717, 1.165) is 5.56 Å². The van der Waals surface area contributed by atoms with Gasteiger partial charge in [0.2, 0.25) is 5.91 Å². The van der Waals surface area contributed by atoms with Gasteiger partial charge >= 0.3 is 5.97 Å². The van der Waals surface area contributed by atoms with Gasteiger partial charge in [0.1, 0.15) is 6.17 Å². The van der Waals surface area contributed by atoms with Gasteiger partial charge in [-0.05, 0) is 18.4 Å². The number of hydrogen-bond acceptors (Lipinski definition) is 3. The van der Waals surface area contributed by atoms with Crippen molar-refractivity contribution in [2.45, 2.75) is 25.6 Å². The predicted molar refractivity (Wildman–Crippen MR) is 73.9 cm³/mol. The number of ether oxygens (including phenoxy) is 1. The third-order valence-corrected chi connectivity index (χ3v) is 4.64. The number of methoxy groups -OCH3 is 1. The van der Waals surface area contributed by atoms with Crippen molar-refractivity contribution in [3.8, 4) is 0 Å². The molecule has 5 heteroatoms. The van der Waals surface area contributed by atoms with E-state index in [1.54, 1.807) is 4.90 Å². The molecule has 1 aromatic rings. The Morgan fingerprint density at radius 3 is 2.81 bits per heavy atom. The van der Waals surface area contributed by atoms with Gasteiger partial charge in [0.25, 0.3) is 0 Å².